The molecule has 0 atom stereocenters. The Balaban J connectivity index is 1.69. The lowest BCUT2D eigenvalue weighted by molar-refractivity contribution is 0.101. The van der Waals surface area contributed by atoms with Crippen molar-refractivity contribution in [1.29, 1.82) is 0 Å². The molecule has 0 aliphatic heterocycles. The quantitative estimate of drug-likeness (QED) is 0.456. The molecule has 0 fully saturated rings. The highest BCUT2D eigenvalue weighted by molar-refractivity contribution is 6.42. The molecule has 27 heavy (non-hydrogen) atoms. The maximum atomic E-state index is 13.5. The number of anilines is 1. The first-order valence-corrected chi connectivity index (χ1v) is 8.84. The Kier molecular flexibility index (Phi) is 4.64. The van der Waals surface area contributed by atoms with Gasteiger partial charge in [-0.2, -0.15) is 0 Å². The zero-order chi connectivity index (χ0) is 19.0. The summed E-state index contributed by atoms with van der Waals surface area (Å²) >= 11 is 11.9. The van der Waals surface area contributed by atoms with Crippen molar-refractivity contribution in [3.63, 3.8) is 0 Å². The predicted octanol–water partition coefficient (Wildman–Crippen LogP) is 5.98. The third kappa shape index (κ3) is 3.56. The van der Waals surface area contributed by atoms with E-state index < -0.39 is 0 Å². The van der Waals surface area contributed by atoms with E-state index >= 15 is 0 Å². The second kappa shape index (κ2) is 7.10. The molecule has 0 bridgehead atoms. The lowest BCUT2D eigenvalue weighted by Crippen LogP contribution is -2.17. The number of nitrogens with zero attached hydrogens (tertiary/aromatic N) is 1. The van der Waals surface area contributed by atoms with Gasteiger partial charge in [0.1, 0.15) is 11.5 Å². The molecule has 0 aliphatic rings. The van der Waals surface area contributed by atoms with Gasteiger partial charge < -0.3 is 14.3 Å². The van der Waals surface area contributed by atoms with Gasteiger partial charge in [-0.25, -0.2) is 4.39 Å². The highest BCUT2D eigenvalue weighted by Crippen LogP contribution is 2.27. The van der Waals surface area contributed by atoms with E-state index in [1.807, 2.05) is 0 Å². The minimum atomic E-state index is -0.337. The molecule has 7 heteroatoms. The van der Waals surface area contributed by atoms with Gasteiger partial charge in [-0.15, -0.1) is 0 Å². The molecule has 0 spiro atoms. The van der Waals surface area contributed by atoms with Gasteiger partial charge >= 0.3 is 0 Å². The molecular weight excluding hydrogens is 390 g/mol. The van der Waals surface area contributed by atoms with Gasteiger partial charge in [0.2, 0.25) is 0 Å². The van der Waals surface area contributed by atoms with E-state index in [0.717, 1.165) is 11.1 Å². The van der Waals surface area contributed by atoms with Crippen LogP contribution in [0.2, 0.25) is 10.0 Å². The van der Waals surface area contributed by atoms with Crippen molar-refractivity contribution in [2.45, 2.75) is 6.54 Å². The van der Waals surface area contributed by atoms with Crippen LogP contribution >= 0.6 is 23.2 Å². The molecule has 0 aliphatic carbocycles. The first-order valence-electron chi connectivity index (χ1n) is 8.09. The molecule has 2 heterocycles. The monoisotopic (exact) mass is 402 g/mol. The van der Waals surface area contributed by atoms with Crippen LogP contribution in [-0.4, -0.2) is 10.5 Å². The second-order valence-corrected chi connectivity index (χ2v) is 6.81. The van der Waals surface area contributed by atoms with Gasteiger partial charge in [-0.3, -0.25) is 4.79 Å². The molecule has 4 nitrogen and oxygen atoms in total. The van der Waals surface area contributed by atoms with Gasteiger partial charge in [0.15, 0.2) is 5.58 Å². The maximum Gasteiger partial charge on any atom is 0.272 e. The second-order valence-electron chi connectivity index (χ2n) is 6.00. The summed E-state index contributed by atoms with van der Waals surface area (Å²) < 4.78 is 20.7. The lowest BCUT2D eigenvalue weighted by atomic mass is 10.2. The van der Waals surface area contributed by atoms with E-state index in [1.54, 1.807) is 53.3 Å². The third-order valence-electron chi connectivity index (χ3n) is 4.16. The SMILES string of the molecule is O=C(Nc1ccc(Cl)c(Cl)c1)c1cc2occc2n1Cc1cccc(F)c1. The Morgan fingerprint density at radius 1 is 1.07 bits per heavy atom. The number of nitrogens with one attached hydrogen (secondary N) is 1. The van der Waals surface area contributed by atoms with Gasteiger partial charge in [0.05, 0.1) is 21.8 Å². The summed E-state index contributed by atoms with van der Waals surface area (Å²) in [5.41, 5.74) is 2.96. The number of benzene rings is 2. The van der Waals surface area contributed by atoms with Gasteiger partial charge in [0.25, 0.3) is 5.91 Å². The van der Waals surface area contributed by atoms with E-state index in [0.29, 0.717) is 33.6 Å². The molecule has 2 aromatic heterocycles. The summed E-state index contributed by atoms with van der Waals surface area (Å²) in [6, 6.07) is 14.5. The Morgan fingerprint density at radius 2 is 1.93 bits per heavy atom. The normalized spacial score (nSPS) is 11.1. The van der Waals surface area contributed by atoms with Crippen LogP contribution in [0.4, 0.5) is 10.1 Å². The van der Waals surface area contributed by atoms with E-state index in [2.05, 4.69) is 5.32 Å². The van der Waals surface area contributed by atoms with Crippen molar-refractivity contribution in [1.82, 2.24) is 4.57 Å². The fraction of sp³-hybridized carbons (Fsp3) is 0.0500. The van der Waals surface area contributed by atoms with Crippen molar-refractivity contribution in [2.75, 3.05) is 5.32 Å². The molecule has 4 rings (SSSR count). The first kappa shape index (κ1) is 17.6. The largest absolute Gasteiger partial charge is 0.463 e. The molecule has 136 valence electrons. The number of amides is 1. The number of halogens is 3. The van der Waals surface area contributed by atoms with Gasteiger partial charge in [0, 0.05) is 24.4 Å². The minimum Gasteiger partial charge on any atom is -0.463 e. The number of furan rings is 1. The number of hydrogen-bond acceptors (Lipinski definition) is 2. The minimum absolute atomic E-state index is 0.324. The zero-order valence-electron chi connectivity index (χ0n) is 13.9. The van der Waals surface area contributed by atoms with E-state index in [4.69, 9.17) is 27.6 Å². The highest BCUT2D eigenvalue weighted by atomic mass is 35.5. The molecular formula is C20H13Cl2FN2O2. The Morgan fingerprint density at radius 3 is 2.70 bits per heavy atom. The fourth-order valence-corrected chi connectivity index (χ4v) is 3.22. The molecule has 0 radical (unpaired) electrons. The van der Waals surface area contributed by atoms with E-state index in [-0.39, 0.29) is 11.7 Å². The van der Waals surface area contributed by atoms with Crippen LogP contribution in [0.1, 0.15) is 16.1 Å². The van der Waals surface area contributed by atoms with Crippen molar-refractivity contribution in [3.8, 4) is 0 Å². The van der Waals surface area contributed by atoms with Crippen LogP contribution in [0, 0.1) is 5.82 Å². The smallest absolute Gasteiger partial charge is 0.272 e. The molecule has 1 N–H and O–H groups in total. The number of carbonyl (C=O) groups excluding carboxylic acids is 1. The Hall–Kier alpha value is -2.76. The van der Waals surface area contributed by atoms with Crippen LogP contribution in [-0.2, 0) is 6.54 Å². The lowest BCUT2D eigenvalue weighted by Gasteiger charge is -2.11. The van der Waals surface area contributed by atoms with Crippen LogP contribution in [0.25, 0.3) is 11.1 Å². The van der Waals surface area contributed by atoms with E-state index in [9.17, 15) is 9.18 Å². The van der Waals surface area contributed by atoms with Crippen molar-refractivity contribution in [2.24, 2.45) is 0 Å². The number of hydrogen-bond donors (Lipinski definition) is 1. The van der Waals surface area contributed by atoms with E-state index in [1.165, 1.54) is 12.1 Å². The molecule has 0 saturated heterocycles. The van der Waals surface area contributed by atoms with Crippen LogP contribution in [0.15, 0.2) is 65.3 Å². The number of rotatable bonds is 4. The zero-order valence-corrected chi connectivity index (χ0v) is 15.4. The van der Waals surface area contributed by atoms with Crippen LogP contribution < -0.4 is 5.32 Å². The standard InChI is InChI=1S/C20H13Cl2FN2O2/c21-15-5-4-14(9-16(15)22)24-20(26)18-10-19-17(6-7-27-19)25(18)11-12-2-1-3-13(23)8-12/h1-10H,11H2,(H,24,26). The topological polar surface area (TPSA) is 47.2 Å². The Labute approximate surface area is 164 Å². The van der Waals surface area contributed by atoms with Gasteiger partial charge in [-0.1, -0.05) is 35.3 Å². The first-order chi connectivity index (χ1) is 13.0. The average molecular weight is 403 g/mol. The number of carbonyl (C=O) groups is 1. The summed E-state index contributed by atoms with van der Waals surface area (Å²) in [5, 5.41) is 3.55. The number of aromatic nitrogens is 1. The fourth-order valence-electron chi connectivity index (χ4n) is 2.92. The Bertz CT molecular complexity index is 1150. The average Bonchev–Trinajstić information content (AvgIpc) is 3.21. The summed E-state index contributed by atoms with van der Waals surface area (Å²) in [7, 11) is 0. The maximum absolute atomic E-state index is 13.5. The molecule has 4 aromatic rings. The molecule has 0 saturated carbocycles. The van der Waals surface area contributed by atoms with Crippen LogP contribution in [0.5, 0.6) is 0 Å². The summed E-state index contributed by atoms with van der Waals surface area (Å²) in [5.74, 6) is -0.666. The van der Waals surface area contributed by atoms with Crippen molar-refractivity contribution in [3.05, 3.63) is 88.0 Å². The van der Waals surface area contributed by atoms with Crippen LogP contribution in [0.3, 0.4) is 0 Å². The predicted molar refractivity (Wildman–Crippen MR) is 104 cm³/mol. The van der Waals surface area contributed by atoms with Crippen molar-refractivity contribution >= 4 is 45.9 Å². The molecule has 1 amide bonds. The molecule has 0 unspecified atom stereocenters. The summed E-state index contributed by atoms with van der Waals surface area (Å²) in [4.78, 5) is 12.8. The summed E-state index contributed by atoms with van der Waals surface area (Å²) in [6.45, 7) is 0.324. The molecule has 2 aromatic carbocycles. The third-order valence-corrected chi connectivity index (χ3v) is 4.90. The van der Waals surface area contributed by atoms with Crippen molar-refractivity contribution < 1.29 is 13.6 Å². The van der Waals surface area contributed by atoms with Gasteiger partial charge in [-0.05, 0) is 35.9 Å². The summed E-state index contributed by atoms with van der Waals surface area (Å²) in [6.07, 6.45) is 1.55. The highest BCUT2D eigenvalue weighted by Gasteiger charge is 2.18. The number of fused-ring (bicyclic) bond motifs is 1.